The molecule has 17 heavy (non-hydrogen) atoms. The Hall–Kier alpha value is -0.990. The van der Waals surface area contributed by atoms with Crippen LogP contribution < -0.4 is 4.74 Å². The first-order valence-electron chi connectivity index (χ1n) is 5.28. The van der Waals surface area contributed by atoms with Crippen LogP contribution in [0, 0.1) is 6.92 Å². The molecule has 0 spiro atoms. The van der Waals surface area contributed by atoms with Crippen LogP contribution in [0.25, 0.3) is 0 Å². The molecule has 0 bridgehead atoms. The Morgan fingerprint density at radius 3 is 2.47 bits per heavy atom. The third kappa shape index (κ3) is 3.24. The number of hydrogen-bond acceptors (Lipinski definition) is 1. The van der Waals surface area contributed by atoms with Gasteiger partial charge in [0.05, 0.1) is 5.02 Å². The van der Waals surface area contributed by atoms with Crippen molar-refractivity contribution < 1.29 is 4.74 Å². The van der Waals surface area contributed by atoms with E-state index in [1.54, 1.807) is 0 Å². The van der Waals surface area contributed by atoms with Gasteiger partial charge in [-0.25, -0.2) is 0 Å². The van der Waals surface area contributed by atoms with E-state index in [0.717, 1.165) is 16.6 Å². The predicted molar refractivity (Wildman–Crippen MR) is 75.3 cm³/mol. The summed E-state index contributed by atoms with van der Waals surface area (Å²) in [7, 11) is 0. The minimum absolute atomic E-state index is 0.625. The van der Waals surface area contributed by atoms with E-state index in [4.69, 9.17) is 16.3 Å². The van der Waals surface area contributed by atoms with Gasteiger partial charge >= 0.3 is 0 Å². The van der Waals surface area contributed by atoms with Crippen LogP contribution in [0.3, 0.4) is 0 Å². The highest BCUT2D eigenvalue weighted by Gasteiger charge is 2.03. The van der Waals surface area contributed by atoms with Gasteiger partial charge in [0.1, 0.15) is 11.5 Å². The third-order valence-corrected chi connectivity index (χ3v) is 3.35. The van der Waals surface area contributed by atoms with E-state index < -0.39 is 0 Å². The molecule has 2 aromatic rings. The molecule has 0 fully saturated rings. The molecule has 0 aromatic heterocycles. The summed E-state index contributed by atoms with van der Waals surface area (Å²) < 4.78 is 5.74. The van der Waals surface area contributed by atoms with E-state index >= 15 is 0 Å². The Morgan fingerprint density at radius 2 is 1.82 bits per heavy atom. The van der Waals surface area contributed by atoms with Gasteiger partial charge in [0, 0.05) is 5.33 Å². The molecule has 0 aliphatic rings. The number of ether oxygens (including phenoxy) is 1. The maximum atomic E-state index is 6.07. The fraction of sp³-hybridized carbons (Fsp3) is 0.143. The SMILES string of the molecule is Cc1ccc(Cl)c(Oc2ccc(CBr)cc2)c1. The minimum atomic E-state index is 0.625. The zero-order valence-electron chi connectivity index (χ0n) is 9.41. The molecular formula is C14H12BrClO. The number of rotatable bonds is 3. The van der Waals surface area contributed by atoms with Crippen molar-refractivity contribution in [3.63, 3.8) is 0 Å². The molecular weight excluding hydrogens is 300 g/mol. The highest BCUT2D eigenvalue weighted by Crippen LogP contribution is 2.30. The van der Waals surface area contributed by atoms with Crippen molar-refractivity contribution in [2.75, 3.05) is 0 Å². The molecule has 88 valence electrons. The van der Waals surface area contributed by atoms with Crippen LogP contribution >= 0.6 is 27.5 Å². The zero-order chi connectivity index (χ0) is 12.3. The molecule has 0 aliphatic heterocycles. The molecule has 3 heteroatoms. The zero-order valence-corrected chi connectivity index (χ0v) is 11.8. The second kappa shape index (κ2) is 5.56. The van der Waals surface area contributed by atoms with Crippen molar-refractivity contribution in [2.24, 2.45) is 0 Å². The van der Waals surface area contributed by atoms with Gasteiger partial charge in [-0.05, 0) is 42.3 Å². The summed E-state index contributed by atoms with van der Waals surface area (Å²) in [5, 5.41) is 1.47. The molecule has 0 N–H and O–H groups in total. The van der Waals surface area contributed by atoms with E-state index in [0.29, 0.717) is 10.8 Å². The average Bonchev–Trinajstić information content (AvgIpc) is 2.35. The van der Waals surface area contributed by atoms with Crippen molar-refractivity contribution in [2.45, 2.75) is 12.3 Å². The summed E-state index contributed by atoms with van der Waals surface area (Å²) in [4.78, 5) is 0. The topological polar surface area (TPSA) is 9.23 Å². The van der Waals surface area contributed by atoms with Crippen molar-refractivity contribution >= 4 is 27.5 Å². The molecule has 2 aromatic carbocycles. The second-order valence-corrected chi connectivity index (χ2v) is 4.78. The largest absolute Gasteiger partial charge is 0.456 e. The lowest BCUT2D eigenvalue weighted by Crippen LogP contribution is -1.87. The first-order valence-corrected chi connectivity index (χ1v) is 6.78. The molecule has 0 unspecified atom stereocenters. The summed E-state index contributed by atoms with van der Waals surface area (Å²) >= 11 is 9.48. The van der Waals surface area contributed by atoms with Gasteiger partial charge in [0.15, 0.2) is 0 Å². The van der Waals surface area contributed by atoms with Crippen LogP contribution in [0.2, 0.25) is 5.02 Å². The number of alkyl halides is 1. The van der Waals surface area contributed by atoms with Gasteiger partial charge in [-0.1, -0.05) is 45.7 Å². The van der Waals surface area contributed by atoms with Crippen LogP contribution in [0.4, 0.5) is 0 Å². The van der Waals surface area contributed by atoms with Gasteiger partial charge in [-0.15, -0.1) is 0 Å². The highest BCUT2D eigenvalue weighted by atomic mass is 79.9. The first-order chi connectivity index (χ1) is 8.19. The van der Waals surface area contributed by atoms with Gasteiger partial charge < -0.3 is 4.74 Å². The molecule has 0 saturated heterocycles. The quantitative estimate of drug-likeness (QED) is 0.696. The monoisotopic (exact) mass is 310 g/mol. The Labute approximate surface area is 115 Å². The van der Waals surface area contributed by atoms with Crippen LogP contribution in [0.5, 0.6) is 11.5 Å². The fourth-order valence-electron chi connectivity index (χ4n) is 1.46. The van der Waals surface area contributed by atoms with Crippen molar-refractivity contribution in [3.8, 4) is 11.5 Å². The second-order valence-electron chi connectivity index (χ2n) is 3.81. The number of benzene rings is 2. The molecule has 0 saturated carbocycles. The summed E-state index contributed by atoms with van der Waals surface area (Å²) in [5.41, 5.74) is 2.34. The van der Waals surface area contributed by atoms with Crippen molar-refractivity contribution in [1.29, 1.82) is 0 Å². The molecule has 2 rings (SSSR count). The van der Waals surface area contributed by atoms with Gasteiger partial charge in [0.25, 0.3) is 0 Å². The summed E-state index contributed by atoms with van der Waals surface area (Å²) in [5.74, 6) is 1.49. The van der Waals surface area contributed by atoms with Crippen LogP contribution in [-0.4, -0.2) is 0 Å². The van der Waals surface area contributed by atoms with Crippen molar-refractivity contribution in [1.82, 2.24) is 0 Å². The molecule has 0 amide bonds. The van der Waals surface area contributed by atoms with E-state index in [9.17, 15) is 0 Å². The number of aryl methyl sites for hydroxylation is 1. The molecule has 0 radical (unpaired) electrons. The summed E-state index contributed by atoms with van der Waals surface area (Å²) in [6, 6.07) is 13.7. The first kappa shape index (κ1) is 12.5. The number of halogens is 2. The van der Waals surface area contributed by atoms with Gasteiger partial charge in [-0.2, -0.15) is 0 Å². The van der Waals surface area contributed by atoms with E-state index in [-0.39, 0.29) is 0 Å². The summed E-state index contributed by atoms with van der Waals surface area (Å²) in [6.45, 7) is 2.01. The lowest BCUT2D eigenvalue weighted by Gasteiger charge is -2.08. The average molecular weight is 312 g/mol. The minimum Gasteiger partial charge on any atom is -0.456 e. The van der Waals surface area contributed by atoms with Crippen LogP contribution in [0.15, 0.2) is 42.5 Å². The molecule has 0 aliphatic carbocycles. The Morgan fingerprint density at radius 1 is 1.12 bits per heavy atom. The lowest BCUT2D eigenvalue weighted by atomic mass is 10.2. The normalized spacial score (nSPS) is 10.3. The Bertz CT molecular complexity index is 508. The molecule has 1 nitrogen and oxygen atoms in total. The molecule has 0 atom stereocenters. The van der Waals surface area contributed by atoms with Gasteiger partial charge in [0.2, 0.25) is 0 Å². The third-order valence-electron chi connectivity index (χ3n) is 2.39. The van der Waals surface area contributed by atoms with E-state index in [1.807, 2.05) is 49.4 Å². The van der Waals surface area contributed by atoms with E-state index in [1.165, 1.54) is 5.56 Å². The van der Waals surface area contributed by atoms with Crippen LogP contribution in [-0.2, 0) is 5.33 Å². The Balaban J connectivity index is 2.22. The predicted octanol–water partition coefficient (Wildman–Crippen LogP) is 5.34. The van der Waals surface area contributed by atoms with Gasteiger partial charge in [-0.3, -0.25) is 0 Å². The van der Waals surface area contributed by atoms with Crippen LogP contribution in [0.1, 0.15) is 11.1 Å². The van der Waals surface area contributed by atoms with Crippen molar-refractivity contribution in [3.05, 3.63) is 58.6 Å². The Kier molecular flexibility index (Phi) is 4.08. The highest BCUT2D eigenvalue weighted by molar-refractivity contribution is 9.08. The summed E-state index contributed by atoms with van der Waals surface area (Å²) in [6.07, 6.45) is 0. The smallest absolute Gasteiger partial charge is 0.146 e. The fourth-order valence-corrected chi connectivity index (χ4v) is 1.99. The standard InChI is InChI=1S/C14H12BrClO/c1-10-2-7-13(16)14(8-10)17-12-5-3-11(9-15)4-6-12/h2-8H,9H2,1H3. The molecule has 0 heterocycles. The maximum absolute atomic E-state index is 6.07. The van der Waals surface area contributed by atoms with E-state index in [2.05, 4.69) is 15.9 Å². The number of hydrogen-bond donors (Lipinski definition) is 0. The lowest BCUT2D eigenvalue weighted by molar-refractivity contribution is 0.482. The maximum Gasteiger partial charge on any atom is 0.146 e.